The lowest BCUT2D eigenvalue weighted by Gasteiger charge is -2.27. The van der Waals surface area contributed by atoms with Crippen LogP contribution < -0.4 is 0 Å². The number of amides is 1. The number of thiophene rings is 1. The topological polar surface area (TPSA) is 51.0 Å². The fourth-order valence-electron chi connectivity index (χ4n) is 3.62. The van der Waals surface area contributed by atoms with Crippen molar-refractivity contribution in [2.45, 2.75) is 52.6 Å². The minimum absolute atomic E-state index is 0.157. The van der Waals surface area contributed by atoms with Gasteiger partial charge in [-0.25, -0.2) is 0 Å². The molecule has 0 bridgehead atoms. The van der Waals surface area contributed by atoms with Crippen LogP contribution in [-0.2, 0) is 32.4 Å². The molecule has 0 spiro atoms. The number of nitrogens with zero attached hydrogens (tertiary/aromatic N) is 4. The van der Waals surface area contributed by atoms with Gasteiger partial charge in [-0.3, -0.25) is 4.79 Å². The SMILES string of the molecule is CCc1nnc2n1CCN(C(=O)c1cc3c(s1)CC[C@H](C)C3)C2. The molecule has 23 heavy (non-hydrogen) atoms. The lowest BCUT2D eigenvalue weighted by molar-refractivity contribution is 0.0711. The van der Waals surface area contributed by atoms with Crippen molar-refractivity contribution in [1.29, 1.82) is 0 Å². The quantitative estimate of drug-likeness (QED) is 0.851. The molecular weight excluding hydrogens is 308 g/mol. The molecule has 2 aromatic heterocycles. The van der Waals surface area contributed by atoms with E-state index in [9.17, 15) is 4.79 Å². The minimum Gasteiger partial charge on any atom is -0.329 e. The van der Waals surface area contributed by atoms with Crippen LogP contribution in [0.4, 0.5) is 0 Å². The van der Waals surface area contributed by atoms with Crippen LogP contribution in [0.5, 0.6) is 0 Å². The van der Waals surface area contributed by atoms with E-state index < -0.39 is 0 Å². The molecule has 122 valence electrons. The van der Waals surface area contributed by atoms with E-state index in [4.69, 9.17) is 0 Å². The van der Waals surface area contributed by atoms with Crippen molar-refractivity contribution >= 4 is 17.2 Å². The van der Waals surface area contributed by atoms with Gasteiger partial charge >= 0.3 is 0 Å². The van der Waals surface area contributed by atoms with Gasteiger partial charge in [0.15, 0.2) is 5.82 Å². The molecule has 1 atom stereocenters. The largest absolute Gasteiger partial charge is 0.329 e. The van der Waals surface area contributed by atoms with Gasteiger partial charge in [0.1, 0.15) is 5.82 Å². The van der Waals surface area contributed by atoms with Gasteiger partial charge in [-0.1, -0.05) is 13.8 Å². The van der Waals surface area contributed by atoms with Gasteiger partial charge in [-0.15, -0.1) is 21.5 Å². The van der Waals surface area contributed by atoms with Crippen molar-refractivity contribution in [2.24, 2.45) is 5.92 Å². The summed E-state index contributed by atoms with van der Waals surface area (Å²) in [5.41, 5.74) is 1.39. The Hall–Kier alpha value is -1.69. The maximum absolute atomic E-state index is 12.9. The van der Waals surface area contributed by atoms with E-state index in [1.165, 1.54) is 16.9 Å². The average Bonchev–Trinajstić information content (AvgIpc) is 3.16. The highest BCUT2D eigenvalue weighted by atomic mass is 32.1. The van der Waals surface area contributed by atoms with Crippen LogP contribution in [0.3, 0.4) is 0 Å². The maximum atomic E-state index is 12.9. The van der Waals surface area contributed by atoms with Gasteiger partial charge in [-0.05, 0) is 36.8 Å². The zero-order valence-corrected chi connectivity index (χ0v) is 14.5. The Kier molecular flexibility index (Phi) is 3.71. The van der Waals surface area contributed by atoms with Gasteiger partial charge in [0, 0.05) is 24.4 Å². The first-order valence-corrected chi connectivity index (χ1v) is 9.29. The van der Waals surface area contributed by atoms with Gasteiger partial charge in [0.05, 0.1) is 11.4 Å². The average molecular weight is 330 g/mol. The smallest absolute Gasteiger partial charge is 0.264 e. The molecule has 0 saturated heterocycles. The van der Waals surface area contributed by atoms with Gasteiger partial charge in [0.25, 0.3) is 5.91 Å². The third-order valence-corrected chi connectivity index (χ3v) is 6.20. The zero-order valence-electron chi connectivity index (χ0n) is 13.7. The van der Waals surface area contributed by atoms with Gasteiger partial charge < -0.3 is 9.47 Å². The second kappa shape index (κ2) is 5.74. The fraction of sp³-hybridized carbons (Fsp3) is 0.588. The Labute approximate surface area is 140 Å². The molecule has 1 aliphatic heterocycles. The Morgan fingerprint density at radius 3 is 3.09 bits per heavy atom. The van der Waals surface area contributed by atoms with Crippen molar-refractivity contribution < 1.29 is 4.79 Å². The molecular formula is C17H22N4OS. The molecule has 6 heteroatoms. The Morgan fingerprint density at radius 2 is 2.26 bits per heavy atom. The third-order valence-electron chi connectivity index (χ3n) is 4.97. The van der Waals surface area contributed by atoms with E-state index in [0.29, 0.717) is 6.54 Å². The summed E-state index contributed by atoms with van der Waals surface area (Å²) in [6, 6.07) is 2.13. The number of carbonyl (C=O) groups is 1. The molecule has 0 aromatic carbocycles. The van der Waals surface area contributed by atoms with Crippen LogP contribution in [-0.4, -0.2) is 32.1 Å². The summed E-state index contributed by atoms with van der Waals surface area (Å²) < 4.78 is 2.16. The molecule has 0 saturated carbocycles. The van der Waals surface area contributed by atoms with Crippen LogP contribution in [0.15, 0.2) is 6.07 Å². The Bertz CT molecular complexity index is 748. The molecule has 0 unspecified atom stereocenters. The van der Waals surface area contributed by atoms with Crippen molar-refractivity contribution in [3.63, 3.8) is 0 Å². The molecule has 1 amide bonds. The molecule has 2 aliphatic rings. The highest BCUT2D eigenvalue weighted by Crippen LogP contribution is 2.33. The van der Waals surface area contributed by atoms with E-state index in [-0.39, 0.29) is 5.91 Å². The first-order valence-electron chi connectivity index (χ1n) is 8.47. The third kappa shape index (κ3) is 2.59. The lowest BCUT2D eigenvalue weighted by atomic mass is 9.90. The number of carbonyl (C=O) groups excluding carboxylic acids is 1. The number of aryl methyl sites for hydroxylation is 2. The molecule has 0 fully saturated rings. The number of hydrogen-bond donors (Lipinski definition) is 0. The number of fused-ring (bicyclic) bond motifs is 2. The normalized spacial score (nSPS) is 20.3. The van der Waals surface area contributed by atoms with E-state index in [0.717, 1.165) is 54.8 Å². The first-order chi connectivity index (χ1) is 11.2. The molecule has 0 N–H and O–H groups in total. The summed E-state index contributed by atoms with van der Waals surface area (Å²) in [6.45, 7) is 6.51. The summed E-state index contributed by atoms with van der Waals surface area (Å²) in [5.74, 6) is 2.83. The minimum atomic E-state index is 0.157. The predicted octanol–water partition coefficient (Wildman–Crippen LogP) is 2.68. The molecule has 5 nitrogen and oxygen atoms in total. The summed E-state index contributed by atoms with van der Waals surface area (Å²) >= 11 is 1.70. The lowest BCUT2D eigenvalue weighted by Crippen LogP contribution is -2.38. The Balaban J connectivity index is 1.54. The van der Waals surface area contributed by atoms with E-state index in [2.05, 4.69) is 34.7 Å². The second-order valence-corrected chi connectivity index (χ2v) is 7.81. The van der Waals surface area contributed by atoms with Gasteiger partial charge in [-0.2, -0.15) is 0 Å². The van der Waals surface area contributed by atoms with E-state index in [1.54, 1.807) is 11.3 Å². The number of hydrogen-bond acceptors (Lipinski definition) is 4. The van der Waals surface area contributed by atoms with Crippen LogP contribution in [0.1, 0.15) is 52.0 Å². The van der Waals surface area contributed by atoms with Crippen molar-refractivity contribution in [3.8, 4) is 0 Å². The summed E-state index contributed by atoms with van der Waals surface area (Å²) in [7, 11) is 0. The molecule has 0 radical (unpaired) electrons. The maximum Gasteiger partial charge on any atom is 0.264 e. The molecule has 4 rings (SSSR count). The van der Waals surface area contributed by atoms with Crippen molar-refractivity contribution in [2.75, 3.05) is 6.54 Å². The van der Waals surface area contributed by atoms with E-state index >= 15 is 0 Å². The molecule has 1 aliphatic carbocycles. The summed E-state index contributed by atoms with van der Waals surface area (Å²) in [4.78, 5) is 17.1. The zero-order chi connectivity index (χ0) is 16.0. The van der Waals surface area contributed by atoms with Crippen molar-refractivity contribution in [1.82, 2.24) is 19.7 Å². The van der Waals surface area contributed by atoms with Crippen LogP contribution >= 0.6 is 11.3 Å². The first kappa shape index (κ1) is 14.9. The predicted molar refractivity (Wildman–Crippen MR) is 89.6 cm³/mol. The summed E-state index contributed by atoms with van der Waals surface area (Å²) in [6.07, 6.45) is 4.38. The highest BCUT2D eigenvalue weighted by Gasteiger charge is 2.27. The van der Waals surface area contributed by atoms with Crippen LogP contribution in [0.25, 0.3) is 0 Å². The molecule has 3 heterocycles. The second-order valence-electron chi connectivity index (χ2n) is 6.67. The molecule has 2 aromatic rings. The summed E-state index contributed by atoms with van der Waals surface area (Å²) in [5, 5.41) is 8.47. The monoisotopic (exact) mass is 330 g/mol. The fourth-order valence-corrected chi connectivity index (χ4v) is 4.80. The highest BCUT2D eigenvalue weighted by molar-refractivity contribution is 7.14. The van der Waals surface area contributed by atoms with Crippen LogP contribution in [0.2, 0.25) is 0 Å². The van der Waals surface area contributed by atoms with Gasteiger partial charge in [0.2, 0.25) is 0 Å². The standard InChI is InChI=1S/C17H22N4OS/c1-3-15-18-19-16-10-20(6-7-21(15)16)17(22)14-9-12-8-11(2)4-5-13(12)23-14/h9,11H,3-8,10H2,1-2H3/t11-/m0/s1. The van der Waals surface area contributed by atoms with Crippen LogP contribution in [0, 0.1) is 5.92 Å². The number of rotatable bonds is 2. The van der Waals surface area contributed by atoms with E-state index in [1.807, 2.05) is 4.90 Å². The van der Waals surface area contributed by atoms with Crippen molar-refractivity contribution in [3.05, 3.63) is 33.0 Å². The Morgan fingerprint density at radius 1 is 1.39 bits per heavy atom. The number of aromatic nitrogens is 3.